The minimum Gasteiger partial charge on any atom is -0.772 e. The number of aromatic hydroxyl groups is 1. The van der Waals surface area contributed by atoms with Crippen LogP contribution in [0.4, 0.5) is 11.4 Å². The first kappa shape index (κ1) is 18.2. The fourth-order valence-corrected chi connectivity index (χ4v) is 3.77. The van der Waals surface area contributed by atoms with Crippen LogP contribution in [0.5, 0.6) is 5.75 Å². The van der Waals surface area contributed by atoms with Gasteiger partial charge in [-0.2, -0.15) is 5.11 Å². The molecule has 0 aliphatic rings. The maximum absolute atomic E-state index is 11.8. The summed E-state index contributed by atoms with van der Waals surface area (Å²) in [5, 5.41) is 19.5. The van der Waals surface area contributed by atoms with Crippen LogP contribution >= 0.6 is 0 Å². The number of benzene rings is 3. The maximum atomic E-state index is 11.8. The fraction of sp³-hybridized carbons (Fsp3) is 0.200. The van der Waals surface area contributed by atoms with Gasteiger partial charge in [-0.3, -0.25) is 4.21 Å². The monoisotopic (exact) mass is 367 g/mol. The molecule has 0 bridgehead atoms. The summed E-state index contributed by atoms with van der Waals surface area (Å²) in [7, 11) is 0. The number of phenolic OH excluding ortho intramolecular Hbond substituents is 1. The van der Waals surface area contributed by atoms with Crippen molar-refractivity contribution in [1.29, 1.82) is 0 Å². The summed E-state index contributed by atoms with van der Waals surface area (Å²) in [6.45, 7) is 1.94. The van der Waals surface area contributed by atoms with Crippen molar-refractivity contribution in [2.45, 2.75) is 25.0 Å². The Morgan fingerprint density at radius 2 is 1.69 bits per heavy atom. The van der Waals surface area contributed by atoms with Gasteiger partial charge in [-0.05, 0) is 46.7 Å². The average molecular weight is 367 g/mol. The summed E-state index contributed by atoms with van der Waals surface area (Å²) < 4.78 is 23.6. The third-order valence-electron chi connectivity index (χ3n) is 4.19. The molecule has 3 rings (SSSR count). The first-order valence-electron chi connectivity index (χ1n) is 8.41. The normalized spacial score (nSPS) is 13.9. The van der Waals surface area contributed by atoms with Crippen LogP contribution in [-0.4, -0.2) is 13.9 Å². The Bertz CT molecular complexity index is 958. The molecule has 0 saturated heterocycles. The molecular formula is C20H19N2O3S-. The second kappa shape index (κ2) is 8.21. The summed E-state index contributed by atoms with van der Waals surface area (Å²) in [6, 6.07) is 18.0. The predicted octanol–water partition coefficient (Wildman–Crippen LogP) is 5.68. The topological polar surface area (TPSA) is 85.1 Å². The van der Waals surface area contributed by atoms with Crippen LogP contribution in [-0.2, 0) is 11.1 Å². The predicted molar refractivity (Wildman–Crippen MR) is 103 cm³/mol. The maximum Gasteiger partial charge on any atom is 0.150 e. The van der Waals surface area contributed by atoms with E-state index in [0.717, 1.165) is 6.42 Å². The lowest BCUT2D eigenvalue weighted by Crippen LogP contribution is -2.06. The zero-order valence-electron chi connectivity index (χ0n) is 14.3. The van der Waals surface area contributed by atoms with Crippen LogP contribution < -0.4 is 0 Å². The molecule has 6 heteroatoms. The Hall–Kier alpha value is -2.57. The van der Waals surface area contributed by atoms with E-state index in [1.165, 1.54) is 0 Å². The Morgan fingerprint density at radius 3 is 2.35 bits per heavy atom. The minimum atomic E-state index is -2.27. The van der Waals surface area contributed by atoms with Crippen LogP contribution in [0.3, 0.4) is 0 Å². The van der Waals surface area contributed by atoms with Crippen LogP contribution in [0.1, 0.15) is 30.6 Å². The molecule has 1 N–H and O–H groups in total. The molecule has 2 atom stereocenters. The molecule has 0 amide bonds. The van der Waals surface area contributed by atoms with Crippen LogP contribution in [0.25, 0.3) is 10.8 Å². The van der Waals surface area contributed by atoms with E-state index in [1.54, 1.807) is 30.3 Å². The lowest BCUT2D eigenvalue weighted by Gasteiger charge is -2.22. The summed E-state index contributed by atoms with van der Waals surface area (Å²) in [5.41, 5.74) is 1.55. The summed E-state index contributed by atoms with van der Waals surface area (Å²) in [4.78, 5) is 0. The molecule has 2 unspecified atom stereocenters. The molecule has 0 spiro atoms. The highest BCUT2D eigenvalue weighted by Crippen LogP contribution is 2.41. The molecule has 0 aliphatic heterocycles. The molecule has 0 heterocycles. The second-order valence-electron chi connectivity index (χ2n) is 5.95. The number of hydrogen-bond acceptors (Lipinski definition) is 5. The van der Waals surface area contributed by atoms with E-state index in [0.29, 0.717) is 28.4 Å². The van der Waals surface area contributed by atoms with Crippen LogP contribution in [0, 0.1) is 0 Å². The summed E-state index contributed by atoms with van der Waals surface area (Å²) in [5.74, 6) is -0.00374. The standard InChI is InChI=1S/C20H20N2O3S/c1-2-8-19(26(24)25)17-13-18(22-21-14-9-4-3-5-10-14)20(23)16-12-7-6-11-15(16)17/h3-7,9-13,19,23H,2,8H2,1H3,(H,24,25)/p-1. The average Bonchev–Trinajstić information content (AvgIpc) is 2.67. The van der Waals surface area contributed by atoms with E-state index in [2.05, 4.69) is 10.2 Å². The highest BCUT2D eigenvalue weighted by atomic mass is 32.2. The van der Waals surface area contributed by atoms with Crippen LogP contribution in [0.15, 0.2) is 70.9 Å². The van der Waals surface area contributed by atoms with Gasteiger partial charge in [0.25, 0.3) is 0 Å². The van der Waals surface area contributed by atoms with Gasteiger partial charge in [0.2, 0.25) is 0 Å². The number of phenols is 1. The number of hydrogen-bond donors (Lipinski definition) is 1. The van der Waals surface area contributed by atoms with Crippen molar-refractivity contribution in [3.8, 4) is 5.75 Å². The molecule has 0 saturated carbocycles. The van der Waals surface area contributed by atoms with Gasteiger partial charge in [-0.15, -0.1) is 5.11 Å². The molecule has 0 aliphatic carbocycles. The Labute approximate surface area is 154 Å². The van der Waals surface area contributed by atoms with Crippen molar-refractivity contribution in [2.75, 3.05) is 0 Å². The Balaban J connectivity index is 2.16. The zero-order chi connectivity index (χ0) is 18.5. The van der Waals surface area contributed by atoms with Gasteiger partial charge in [0.15, 0.2) is 5.75 Å². The van der Waals surface area contributed by atoms with Crippen molar-refractivity contribution < 1.29 is 13.9 Å². The molecule has 26 heavy (non-hydrogen) atoms. The van der Waals surface area contributed by atoms with E-state index < -0.39 is 16.3 Å². The summed E-state index contributed by atoms with van der Waals surface area (Å²) in [6.07, 6.45) is 1.23. The zero-order valence-corrected chi connectivity index (χ0v) is 15.1. The third-order valence-corrected chi connectivity index (χ3v) is 5.14. The van der Waals surface area contributed by atoms with Gasteiger partial charge < -0.3 is 9.66 Å². The molecular weight excluding hydrogens is 348 g/mol. The molecule has 0 radical (unpaired) electrons. The lowest BCUT2D eigenvalue weighted by molar-refractivity contribution is 0.482. The fourth-order valence-electron chi connectivity index (χ4n) is 2.94. The minimum absolute atomic E-state index is 0.00374. The first-order chi connectivity index (χ1) is 12.6. The van der Waals surface area contributed by atoms with Gasteiger partial charge in [-0.1, -0.05) is 55.8 Å². The van der Waals surface area contributed by atoms with Gasteiger partial charge in [0, 0.05) is 10.6 Å². The molecule has 0 fully saturated rings. The van der Waals surface area contributed by atoms with Crippen molar-refractivity contribution in [1.82, 2.24) is 0 Å². The number of fused-ring (bicyclic) bond motifs is 1. The number of rotatable bonds is 6. The molecule has 134 valence electrons. The SMILES string of the molecule is CCCC(c1cc(N=Nc2ccccc2)c(O)c2ccccc12)S(=O)[O-]. The molecule has 0 aromatic heterocycles. The second-order valence-corrected chi connectivity index (χ2v) is 7.04. The highest BCUT2D eigenvalue weighted by Gasteiger charge is 2.19. The van der Waals surface area contributed by atoms with E-state index in [9.17, 15) is 13.9 Å². The third kappa shape index (κ3) is 3.81. The van der Waals surface area contributed by atoms with E-state index >= 15 is 0 Å². The van der Waals surface area contributed by atoms with Gasteiger partial charge in [0.1, 0.15) is 5.69 Å². The van der Waals surface area contributed by atoms with Gasteiger partial charge >= 0.3 is 0 Å². The Kier molecular flexibility index (Phi) is 5.75. The lowest BCUT2D eigenvalue weighted by atomic mass is 9.98. The van der Waals surface area contributed by atoms with E-state index in [-0.39, 0.29) is 11.4 Å². The first-order valence-corrected chi connectivity index (χ1v) is 9.55. The van der Waals surface area contributed by atoms with E-state index in [4.69, 9.17) is 0 Å². The largest absolute Gasteiger partial charge is 0.772 e. The molecule has 5 nitrogen and oxygen atoms in total. The van der Waals surface area contributed by atoms with Crippen molar-refractivity contribution in [3.63, 3.8) is 0 Å². The molecule has 3 aromatic carbocycles. The number of nitrogens with zero attached hydrogens (tertiary/aromatic N) is 2. The van der Waals surface area contributed by atoms with Crippen LogP contribution in [0.2, 0.25) is 0 Å². The quantitative estimate of drug-likeness (QED) is 0.449. The van der Waals surface area contributed by atoms with Gasteiger partial charge in [-0.25, -0.2) is 0 Å². The summed E-state index contributed by atoms with van der Waals surface area (Å²) >= 11 is -2.27. The van der Waals surface area contributed by atoms with Crippen molar-refractivity contribution >= 4 is 33.2 Å². The number of azo groups is 1. The van der Waals surface area contributed by atoms with Crippen molar-refractivity contribution in [2.24, 2.45) is 10.2 Å². The highest BCUT2D eigenvalue weighted by molar-refractivity contribution is 7.79. The smallest absolute Gasteiger partial charge is 0.150 e. The van der Waals surface area contributed by atoms with E-state index in [1.807, 2.05) is 37.3 Å². The van der Waals surface area contributed by atoms with Crippen molar-refractivity contribution in [3.05, 3.63) is 66.2 Å². The van der Waals surface area contributed by atoms with Gasteiger partial charge in [0.05, 0.1) is 5.69 Å². The molecule has 3 aromatic rings. The Morgan fingerprint density at radius 1 is 1.04 bits per heavy atom.